The molecule has 9 heteroatoms. The lowest BCUT2D eigenvalue weighted by atomic mass is 10.2. The molecule has 0 amide bonds. The minimum absolute atomic E-state index is 0.0164. The summed E-state index contributed by atoms with van der Waals surface area (Å²) in [5, 5.41) is 14.5. The van der Waals surface area contributed by atoms with Crippen LogP contribution in [0.1, 0.15) is 23.0 Å². The molecule has 0 saturated heterocycles. The quantitative estimate of drug-likeness (QED) is 0.467. The van der Waals surface area contributed by atoms with Crippen molar-refractivity contribution in [2.24, 2.45) is 5.10 Å². The zero-order valence-electron chi connectivity index (χ0n) is 12.3. The number of hydrogen-bond donors (Lipinski definition) is 1. The van der Waals surface area contributed by atoms with E-state index < -0.39 is 11.7 Å². The number of anilines is 1. The molecule has 0 radical (unpaired) electrons. The molecule has 0 aliphatic heterocycles. The summed E-state index contributed by atoms with van der Waals surface area (Å²) >= 11 is 17.7. The van der Waals surface area contributed by atoms with Gasteiger partial charge in [-0.05, 0) is 19.1 Å². The number of hydrazone groups is 1. The smallest absolute Gasteiger partial charge is 0.150 e. The van der Waals surface area contributed by atoms with Crippen LogP contribution in [0.25, 0.3) is 0 Å². The number of carboxylic acid groups (broad SMARTS) is 1. The molecule has 1 aromatic heterocycles. The Balaban J connectivity index is 2.31. The molecule has 0 aliphatic rings. The van der Waals surface area contributed by atoms with E-state index in [1.807, 2.05) is 19.1 Å². The van der Waals surface area contributed by atoms with Crippen molar-refractivity contribution in [1.82, 2.24) is 4.98 Å². The maximum Gasteiger partial charge on any atom is 0.150 e. The Kier molecular flexibility index (Phi) is 6.25. The fourth-order valence-electron chi connectivity index (χ4n) is 1.79. The van der Waals surface area contributed by atoms with Gasteiger partial charge in [-0.2, -0.15) is 5.10 Å². The second-order valence-electron chi connectivity index (χ2n) is 4.38. The highest BCUT2D eigenvalue weighted by atomic mass is 35.5. The minimum Gasteiger partial charge on any atom is -0.543 e. The largest absolute Gasteiger partial charge is 0.543 e. The Bertz CT molecular complexity index is 797. The maximum absolute atomic E-state index is 11.0. The zero-order chi connectivity index (χ0) is 17.7. The Hall–Kier alpha value is -2.02. The topological polar surface area (TPSA) is 86.6 Å². The van der Waals surface area contributed by atoms with Crippen LogP contribution >= 0.6 is 34.8 Å². The molecule has 6 nitrogen and oxygen atoms in total. The molecule has 0 bridgehead atoms. The SMILES string of the molecule is CCOc1ccccc1/C=N\Nc1c(Cl)c(Cl)nc(C(=O)[O-])c1Cl. The third-order valence-corrected chi connectivity index (χ3v) is 3.94. The minimum atomic E-state index is -1.58. The van der Waals surface area contributed by atoms with Crippen LogP contribution in [0.5, 0.6) is 5.75 Å². The van der Waals surface area contributed by atoms with Crippen LogP contribution < -0.4 is 15.3 Å². The number of pyridine rings is 1. The van der Waals surface area contributed by atoms with E-state index in [0.717, 1.165) is 0 Å². The molecule has 1 heterocycles. The first-order valence-corrected chi connectivity index (χ1v) is 7.85. The van der Waals surface area contributed by atoms with Crippen molar-refractivity contribution < 1.29 is 14.6 Å². The summed E-state index contributed by atoms with van der Waals surface area (Å²) in [5.41, 5.74) is 2.76. The van der Waals surface area contributed by atoms with Gasteiger partial charge in [0.25, 0.3) is 0 Å². The summed E-state index contributed by atoms with van der Waals surface area (Å²) in [4.78, 5) is 14.6. The van der Waals surface area contributed by atoms with E-state index in [1.165, 1.54) is 6.21 Å². The molecule has 0 atom stereocenters. The van der Waals surface area contributed by atoms with Gasteiger partial charge in [-0.15, -0.1) is 0 Å². The predicted octanol–water partition coefficient (Wildman–Crippen LogP) is 3.25. The number of rotatable bonds is 6. The lowest BCUT2D eigenvalue weighted by Gasteiger charge is -2.12. The Labute approximate surface area is 153 Å². The van der Waals surface area contributed by atoms with Gasteiger partial charge in [0.1, 0.15) is 16.5 Å². The number of para-hydroxylation sites is 1. The lowest BCUT2D eigenvalue weighted by molar-refractivity contribution is -0.255. The predicted molar refractivity (Wildman–Crippen MR) is 92.4 cm³/mol. The van der Waals surface area contributed by atoms with Crippen LogP contribution in [0, 0.1) is 0 Å². The average Bonchev–Trinajstić information content (AvgIpc) is 2.55. The number of benzene rings is 1. The number of carbonyl (C=O) groups is 1. The molecule has 2 aromatic rings. The highest BCUT2D eigenvalue weighted by Gasteiger charge is 2.17. The van der Waals surface area contributed by atoms with E-state index >= 15 is 0 Å². The summed E-state index contributed by atoms with van der Waals surface area (Å²) in [7, 11) is 0. The average molecular weight is 388 g/mol. The van der Waals surface area contributed by atoms with Gasteiger partial charge in [0.2, 0.25) is 0 Å². The van der Waals surface area contributed by atoms with Gasteiger partial charge in [0, 0.05) is 5.56 Å². The van der Waals surface area contributed by atoms with Crippen molar-refractivity contribution >= 4 is 52.7 Å². The molecule has 2 rings (SSSR count). The van der Waals surface area contributed by atoms with Crippen molar-refractivity contribution in [2.75, 3.05) is 12.0 Å². The van der Waals surface area contributed by atoms with E-state index in [-0.39, 0.29) is 20.9 Å². The number of nitrogens with one attached hydrogen (secondary N) is 1. The number of aromatic carboxylic acids is 1. The third-order valence-electron chi connectivity index (χ3n) is 2.83. The van der Waals surface area contributed by atoms with Crippen molar-refractivity contribution in [3.8, 4) is 5.75 Å². The lowest BCUT2D eigenvalue weighted by Crippen LogP contribution is -2.24. The van der Waals surface area contributed by atoms with E-state index in [9.17, 15) is 9.90 Å². The first-order valence-electron chi connectivity index (χ1n) is 6.72. The molecule has 0 spiro atoms. The molecule has 24 heavy (non-hydrogen) atoms. The van der Waals surface area contributed by atoms with Crippen molar-refractivity contribution in [3.63, 3.8) is 0 Å². The van der Waals surface area contributed by atoms with Gasteiger partial charge in [0.15, 0.2) is 5.15 Å². The molecular weight excluding hydrogens is 377 g/mol. The summed E-state index contributed by atoms with van der Waals surface area (Å²) in [6.45, 7) is 2.37. The molecule has 0 aliphatic carbocycles. The van der Waals surface area contributed by atoms with Crippen LogP contribution in [0.2, 0.25) is 15.2 Å². The van der Waals surface area contributed by atoms with Gasteiger partial charge in [-0.1, -0.05) is 46.9 Å². The van der Waals surface area contributed by atoms with Crippen molar-refractivity contribution in [3.05, 3.63) is 50.7 Å². The molecule has 0 saturated carbocycles. The Morgan fingerprint density at radius 1 is 1.33 bits per heavy atom. The first kappa shape index (κ1) is 18.3. The van der Waals surface area contributed by atoms with Gasteiger partial charge in [-0.25, -0.2) is 4.98 Å². The monoisotopic (exact) mass is 386 g/mol. The van der Waals surface area contributed by atoms with Crippen LogP contribution in [-0.2, 0) is 0 Å². The molecule has 1 N–H and O–H groups in total. The normalized spacial score (nSPS) is 10.8. The number of carbonyl (C=O) groups excluding carboxylic acids is 1. The summed E-state index contributed by atoms with van der Waals surface area (Å²) < 4.78 is 5.47. The van der Waals surface area contributed by atoms with Crippen LogP contribution in [0.15, 0.2) is 29.4 Å². The standard InChI is InChI=1S/C15H12Cl3N3O3/c1-2-24-9-6-4-3-5-8(9)7-19-21-12-10(16)13(15(22)23)20-14(18)11(12)17/h3-7H,2H2,1H3,(H,20,21)(H,22,23)/p-1/b19-7-. The highest BCUT2D eigenvalue weighted by molar-refractivity contribution is 6.46. The second-order valence-corrected chi connectivity index (χ2v) is 5.50. The maximum atomic E-state index is 11.0. The number of ether oxygens (including phenoxy) is 1. The van der Waals surface area contributed by atoms with E-state index in [2.05, 4.69) is 15.5 Å². The number of hydrogen-bond acceptors (Lipinski definition) is 6. The van der Waals surface area contributed by atoms with Gasteiger partial charge >= 0.3 is 0 Å². The number of nitrogens with zero attached hydrogens (tertiary/aromatic N) is 2. The molecular formula is C15H11Cl3N3O3-. The highest BCUT2D eigenvalue weighted by Crippen LogP contribution is 2.36. The van der Waals surface area contributed by atoms with Crippen molar-refractivity contribution in [2.45, 2.75) is 6.92 Å². The van der Waals surface area contributed by atoms with E-state index in [4.69, 9.17) is 39.5 Å². The van der Waals surface area contributed by atoms with E-state index in [1.54, 1.807) is 12.1 Å². The number of aromatic nitrogens is 1. The van der Waals surface area contributed by atoms with Crippen molar-refractivity contribution in [1.29, 1.82) is 0 Å². The Morgan fingerprint density at radius 2 is 2.04 bits per heavy atom. The third kappa shape index (κ3) is 4.08. The fraction of sp³-hybridized carbons (Fsp3) is 0.133. The van der Waals surface area contributed by atoms with Crippen LogP contribution in [0.4, 0.5) is 5.69 Å². The van der Waals surface area contributed by atoms with Gasteiger partial charge in [-0.3, -0.25) is 5.43 Å². The van der Waals surface area contributed by atoms with Crippen LogP contribution in [-0.4, -0.2) is 23.8 Å². The van der Waals surface area contributed by atoms with E-state index in [0.29, 0.717) is 17.9 Å². The summed E-state index contributed by atoms with van der Waals surface area (Å²) in [6, 6.07) is 7.24. The fourth-order valence-corrected chi connectivity index (χ4v) is 2.45. The molecule has 126 valence electrons. The second kappa shape index (κ2) is 8.19. The first-order chi connectivity index (χ1) is 11.5. The molecule has 0 fully saturated rings. The van der Waals surface area contributed by atoms with Gasteiger partial charge in [0.05, 0.1) is 29.5 Å². The van der Waals surface area contributed by atoms with Crippen LogP contribution in [0.3, 0.4) is 0 Å². The molecule has 1 aromatic carbocycles. The summed E-state index contributed by atoms with van der Waals surface area (Å²) in [6.07, 6.45) is 1.48. The Morgan fingerprint density at radius 3 is 2.71 bits per heavy atom. The van der Waals surface area contributed by atoms with Gasteiger partial charge < -0.3 is 14.6 Å². The number of halogens is 3. The summed E-state index contributed by atoms with van der Waals surface area (Å²) in [5.74, 6) is -0.932. The molecule has 0 unspecified atom stereocenters. The zero-order valence-corrected chi connectivity index (χ0v) is 14.6. The number of carboxylic acids is 1.